The number of nitrogens with zero attached hydrogens (tertiary/aromatic N) is 2. The Labute approximate surface area is 180 Å². The Morgan fingerprint density at radius 3 is 2.68 bits per heavy atom. The summed E-state index contributed by atoms with van der Waals surface area (Å²) in [5, 5.41) is 0.730. The van der Waals surface area contributed by atoms with Crippen LogP contribution in [0, 0.1) is 11.6 Å². The van der Waals surface area contributed by atoms with Crippen molar-refractivity contribution in [3.63, 3.8) is 0 Å². The second kappa shape index (κ2) is 8.11. The number of amides is 1. The molecule has 0 bridgehead atoms. The van der Waals surface area contributed by atoms with Gasteiger partial charge >= 0.3 is 0 Å². The fourth-order valence-corrected chi connectivity index (χ4v) is 4.56. The van der Waals surface area contributed by atoms with Crippen LogP contribution in [0.3, 0.4) is 0 Å². The van der Waals surface area contributed by atoms with E-state index in [1.165, 1.54) is 17.4 Å². The summed E-state index contributed by atoms with van der Waals surface area (Å²) in [6, 6.07) is 14.5. The van der Waals surface area contributed by atoms with Crippen molar-refractivity contribution >= 4 is 27.5 Å². The Morgan fingerprint density at radius 1 is 1.10 bits per heavy atom. The lowest BCUT2D eigenvalue weighted by Crippen LogP contribution is -2.41. The summed E-state index contributed by atoms with van der Waals surface area (Å²) in [4.78, 5) is 19.1. The number of hydrogen-bond donors (Lipinski definition) is 0. The van der Waals surface area contributed by atoms with Gasteiger partial charge in [-0.3, -0.25) is 4.79 Å². The number of rotatable bonds is 4. The zero-order chi connectivity index (χ0) is 21.4. The van der Waals surface area contributed by atoms with Gasteiger partial charge in [-0.2, -0.15) is 0 Å². The minimum Gasteiger partial charge on any atom is -0.487 e. The van der Waals surface area contributed by atoms with E-state index in [9.17, 15) is 13.6 Å². The summed E-state index contributed by atoms with van der Waals surface area (Å²) in [6.07, 6.45) is 0.862. The molecule has 8 heteroatoms. The molecule has 3 heterocycles. The van der Waals surface area contributed by atoms with E-state index in [1.807, 2.05) is 24.3 Å². The molecule has 1 saturated heterocycles. The Balaban J connectivity index is 1.22. The van der Waals surface area contributed by atoms with Crippen molar-refractivity contribution in [2.24, 2.45) is 0 Å². The minimum atomic E-state index is -0.725. The molecule has 0 spiro atoms. The van der Waals surface area contributed by atoms with Crippen LogP contribution in [0.4, 0.5) is 8.78 Å². The highest BCUT2D eigenvalue weighted by molar-refractivity contribution is 7.21. The third-order valence-corrected chi connectivity index (χ3v) is 6.29. The van der Waals surface area contributed by atoms with Crippen molar-refractivity contribution in [1.82, 2.24) is 9.88 Å². The number of halogens is 2. The molecule has 1 aliphatic rings. The molecule has 1 fully saturated rings. The summed E-state index contributed by atoms with van der Waals surface area (Å²) in [5.41, 5.74) is 0.895. The zero-order valence-electron chi connectivity index (χ0n) is 16.4. The first-order valence-electron chi connectivity index (χ1n) is 9.93. The molecule has 4 aromatic rings. The number of fused-ring (bicyclic) bond motifs is 1. The van der Waals surface area contributed by atoms with Crippen molar-refractivity contribution in [3.05, 3.63) is 72.0 Å². The molecular weight excluding hydrogens is 422 g/mol. The van der Waals surface area contributed by atoms with E-state index in [0.29, 0.717) is 31.7 Å². The van der Waals surface area contributed by atoms with Gasteiger partial charge in [-0.1, -0.05) is 12.1 Å². The molecule has 0 saturated carbocycles. The van der Waals surface area contributed by atoms with Gasteiger partial charge in [-0.15, -0.1) is 11.3 Å². The number of carbonyl (C=O) groups is 1. The second-order valence-electron chi connectivity index (χ2n) is 7.33. The molecule has 1 aliphatic heterocycles. The van der Waals surface area contributed by atoms with Crippen molar-refractivity contribution in [2.45, 2.75) is 18.9 Å². The van der Waals surface area contributed by atoms with Gasteiger partial charge in [0.05, 0.1) is 10.2 Å². The number of piperidine rings is 1. The van der Waals surface area contributed by atoms with Gasteiger partial charge in [0, 0.05) is 32.0 Å². The first kappa shape index (κ1) is 19.7. The molecule has 0 atom stereocenters. The van der Waals surface area contributed by atoms with Gasteiger partial charge in [0.15, 0.2) is 28.1 Å². The number of likely N-dealkylation sites (tertiary alicyclic amines) is 1. The van der Waals surface area contributed by atoms with Crippen molar-refractivity contribution in [2.75, 3.05) is 13.1 Å². The van der Waals surface area contributed by atoms with Gasteiger partial charge in [0.1, 0.15) is 11.9 Å². The highest BCUT2D eigenvalue weighted by Gasteiger charge is 2.27. The van der Waals surface area contributed by atoms with Crippen LogP contribution in [-0.2, 0) is 0 Å². The lowest BCUT2D eigenvalue weighted by atomic mass is 10.1. The summed E-state index contributed by atoms with van der Waals surface area (Å²) < 4.78 is 39.4. The maximum absolute atomic E-state index is 13.8. The van der Waals surface area contributed by atoms with Gasteiger partial charge < -0.3 is 14.1 Å². The zero-order valence-corrected chi connectivity index (χ0v) is 17.2. The number of hydrogen-bond acceptors (Lipinski definition) is 5. The lowest BCUT2D eigenvalue weighted by Gasteiger charge is -2.31. The predicted octanol–water partition coefficient (Wildman–Crippen LogP) is 5.52. The Hall–Kier alpha value is -3.26. The topological polar surface area (TPSA) is 55.6 Å². The number of furan rings is 1. The van der Waals surface area contributed by atoms with Crippen LogP contribution in [-0.4, -0.2) is 35.0 Å². The number of thiazole rings is 1. The maximum atomic E-state index is 13.8. The molecule has 0 unspecified atom stereocenters. The van der Waals surface area contributed by atoms with Crippen LogP contribution < -0.4 is 4.74 Å². The van der Waals surface area contributed by atoms with Crippen molar-refractivity contribution < 1.29 is 22.7 Å². The van der Waals surface area contributed by atoms with Gasteiger partial charge in [-0.05, 0) is 36.4 Å². The van der Waals surface area contributed by atoms with E-state index in [0.717, 1.165) is 27.4 Å². The Kier molecular flexibility index (Phi) is 5.15. The fraction of sp³-hybridized carbons (Fsp3) is 0.217. The summed E-state index contributed by atoms with van der Waals surface area (Å²) in [5.74, 6) is -0.713. The van der Waals surface area contributed by atoms with Crippen molar-refractivity contribution in [3.8, 4) is 16.5 Å². The first-order valence-corrected chi connectivity index (χ1v) is 10.8. The normalized spacial score (nSPS) is 14.8. The third kappa shape index (κ3) is 4.03. The van der Waals surface area contributed by atoms with Crippen LogP contribution in [0.1, 0.15) is 23.4 Å². The number of carbonyl (C=O) groups excluding carboxylic acids is 1. The van der Waals surface area contributed by atoms with E-state index in [-0.39, 0.29) is 23.5 Å². The fourth-order valence-electron chi connectivity index (χ4n) is 3.63. The third-order valence-electron chi connectivity index (χ3n) is 5.24. The Bertz CT molecular complexity index is 1210. The predicted molar refractivity (Wildman–Crippen MR) is 113 cm³/mol. The van der Waals surface area contributed by atoms with E-state index < -0.39 is 11.6 Å². The molecule has 0 radical (unpaired) electrons. The van der Waals surface area contributed by atoms with E-state index in [2.05, 4.69) is 4.98 Å². The average molecular weight is 440 g/mol. The quantitative estimate of drug-likeness (QED) is 0.419. The molecule has 31 heavy (non-hydrogen) atoms. The van der Waals surface area contributed by atoms with Crippen LogP contribution in [0.5, 0.6) is 5.75 Å². The van der Waals surface area contributed by atoms with Crippen LogP contribution in [0.2, 0.25) is 0 Å². The number of para-hydroxylation sites is 1. The Morgan fingerprint density at radius 2 is 1.90 bits per heavy atom. The molecule has 5 nitrogen and oxygen atoms in total. The largest absolute Gasteiger partial charge is 0.487 e. The maximum Gasteiger partial charge on any atom is 0.289 e. The minimum absolute atomic E-state index is 0.0256. The van der Waals surface area contributed by atoms with Crippen LogP contribution in [0.15, 0.2) is 59.0 Å². The number of aromatic nitrogens is 1. The van der Waals surface area contributed by atoms with E-state index >= 15 is 0 Å². The standard InChI is InChI=1S/C23H18F2N2O3S/c24-14-5-6-18(16(25)13-14)29-15-9-11-27(12-10-15)23(28)20-8-7-19(30-20)22-26-17-3-1-2-4-21(17)31-22/h1-8,13,15H,9-12H2. The number of benzene rings is 2. The molecule has 2 aromatic carbocycles. The molecule has 0 N–H and O–H groups in total. The van der Waals surface area contributed by atoms with Gasteiger partial charge in [-0.25, -0.2) is 13.8 Å². The lowest BCUT2D eigenvalue weighted by molar-refractivity contribution is 0.0560. The van der Waals surface area contributed by atoms with Gasteiger partial charge in [0.2, 0.25) is 0 Å². The number of ether oxygens (including phenoxy) is 1. The summed E-state index contributed by atoms with van der Waals surface area (Å²) in [6.45, 7) is 0.924. The molecule has 0 aliphatic carbocycles. The van der Waals surface area contributed by atoms with Crippen LogP contribution in [0.25, 0.3) is 21.0 Å². The highest BCUT2D eigenvalue weighted by Crippen LogP contribution is 2.31. The van der Waals surface area contributed by atoms with E-state index in [4.69, 9.17) is 9.15 Å². The average Bonchev–Trinajstić information content (AvgIpc) is 3.43. The first-order chi connectivity index (χ1) is 15.1. The van der Waals surface area contributed by atoms with Crippen LogP contribution >= 0.6 is 11.3 Å². The summed E-state index contributed by atoms with van der Waals surface area (Å²) in [7, 11) is 0. The van der Waals surface area contributed by atoms with Crippen molar-refractivity contribution in [1.29, 1.82) is 0 Å². The van der Waals surface area contributed by atoms with E-state index in [1.54, 1.807) is 17.0 Å². The molecule has 2 aromatic heterocycles. The molecule has 158 valence electrons. The molecule has 5 rings (SSSR count). The van der Waals surface area contributed by atoms with Gasteiger partial charge in [0.25, 0.3) is 5.91 Å². The highest BCUT2D eigenvalue weighted by atomic mass is 32.1. The molecular formula is C23H18F2N2O3S. The molecule has 1 amide bonds. The second-order valence-corrected chi connectivity index (χ2v) is 8.37. The SMILES string of the molecule is O=C(c1ccc(-c2nc3ccccc3s2)o1)N1CCC(Oc2ccc(F)cc2F)CC1. The monoisotopic (exact) mass is 440 g/mol. The summed E-state index contributed by atoms with van der Waals surface area (Å²) >= 11 is 1.51. The smallest absolute Gasteiger partial charge is 0.289 e.